The number of hydrogen-bond donors (Lipinski definition) is 2. The zero-order chi connectivity index (χ0) is 11.3. The molecule has 0 saturated heterocycles. The van der Waals surface area contributed by atoms with Crippen LogP contribution in [0.3, 0.4) is 0 Å². The van der Waals surface area contributed by atoms with Gasteiger partial charge in [-0.1, -0.05) is 13.3 Å². The highest BCUT2D eigenvalue weighted by atomic mass is 16.5. The van der Waals surface area contributed by atoms with Gasteiger partial charge in [0.1, 0.15) is 5.82 Å². The molecule has 4 nitrogen and oxygen atoms in total. The molecule has 1 rings (SSSR count). The third-order valence-electron chi connectivity index (χ3n) is 2.20. The summed E-state index contributed by atoms with van der Waals surface area (Å²) < 4.78 is 5.05. The Balaban J connectivity index is 2.69. The van der Waals surface area contributed by atoms with E-state index in [4.69, 9.17) is 10.5 Å². The van der Waals surface area contributed by atoms with Crippen LogP contribution < -0.4 is 15.8 Å². The SMILES string of the molecule is CCCC(C)Nc1ccc(N)c(OC)n1. The van der Waals surface area contributed by atoms with Gasteiger partial charge in [-0.05, 0) is 25.5 Å². The van der Waals surface area contributed by atoms with Crippen LogP contribution in [-0.4, -0.2) is 18.1 Å². The molecule has 4 heteroatoms. The molecule has 0 aromatic carbocycles. The molecule has 1 aromatic heterocycles. The van der Waals surface area contributed by atoms with Gasteiger partial charge in [-0.3, -0.25) is 0 Å². The van der Waals surface area contributed by atoms with E-state index >= 15 is 0 Å². The summed E-state index contributed by atoms with van der Waals surface area (Å²) in [6, 6.07) is 4.08. The van der Waals surface area contributed by atoms with Crippen molar-refractivity contribution in [2.24, 2.45) is 0 Å². The number of ether oxygens (including phenoxy) is 1. The highest BCUT2D eigenvalue weighted by Gasteiger charge is 2.05. The molecule has 0 spiro atoms. The summed E-state index contributed by atoms with van der Waals surface area (Å²) >= 11 is 0. The first kappa shape index (κ1) is 11.6. The third-order valence-corrected chi connectivity index (χ3v) is 2.20. The van der Waals surface area contributed by atoms with Gasteiger partial charge in [0.2, 0.25) is 5.88 Å². The number of methoxy groups -OCH3 is 1. The second kappa shape index (κ2) is 5.44. The fraction of sp³-hybridized carbons (Fsp3) is 0.545. The summed E-state index contributed by atoms with van der Waals surface area (Å²) in [6.45, 7) is 4.29. The quantitative estimate of drug-likeness (QED) is 0.781. The Hall–Kier alpha value is -1.45. The van der Waals surface area contributed by atoms with E-state index in [0.717, 1.165) is 18.7 Å². The van der Waals surface area contributed by atoms with E-state index in [1.165, 1.54) is 0 Å². The first-order chi connectivity index (χ1) is 7.17. The van der Waals surface area contributed by atoms with Gasteiger partial charge in [0.05, 0.1) is 12.8 Å². The lowest BCUT2D eigenvalue weighted by Crippen LogP contribution is -2.15. The number of nitrogen functional groups attached to an aromatic ring is 1. The van der Waals surface area contributed by atoms with Gasteiger partial charge in [0.15, 0.2) is 0 Å². The number of nitrogens with one attached hydrogen (secondary N) is 1. The number of nitrogens with two attached hydrogens (primary N) is 1. The zero-order valence-electron chi connectivity index (χ0n) is 9.58. The minimum Gasteiger partial charge on any atom is -0.479 e. The molecule has 0 aliphatic heterocycles. The Kier molecular flexibility index (Phi) is 4.21. The molecule has 0 aliphatic rings. The molecule has 0 aliphatic carbocycles. The molecule has 1 atom stereocenters. The van der Waals surface area contributed by atoms with Crippen LogP contribution in [0.15, 0.2) is 12.1 Å². The molecule has 84 valence electrons. The van der Waals surface area contributed by atoms with Gasteiger partial charge in [-0.25, -0.2) is 0 Å². The number of hydrogen-bond acceptors (Lipinski definition) is 4. The maximum absolute atomic E-state index is 5.67. The molecule has 0 amide bonds. The number of aromatic nitrogens is 1. The largest absolute Gasteiger partial charge is 0.479 e. The minimum absolute atomic E-state index is 0.413. The van der Waals surface area contributed by atoms with E-state index < -0.39 is 0 Å². The summed E-state index contributed by atoms with van der Waals surface area (Å²) in [5.74, 6) is 1.28. The van der Waals surface area contributed by atoms with Crippen molar-refractivity contribution in [3.8, 4) is 5.88 Å². The second-order valence-electron chi connectivity index (χ2n) is 3.63. The van der Waals surface area contributed by atoms with Crippen molar-refractivity contribution in [3.63, 3.8) is 0 Å². The zero-order valence-corrected chi connectivity index (χ0v) is 9.58. The standard InChI is InChI=1S/C11H19N3O/c1-4-5-8(2)13-10-7-6-9(12)11(14-10)15-3/h6-8H,4-5,12H2,1-3H3,(H,13,14). The van der Waals surface area contributed by atoms with E-state index in [9.17, 15) is 0 Å². The van der Waals surface area contributed by atoms with Gasteiger partial charge in [0.25, 0.3) is 0 Å². The van der Waals surface area contributed by atoms with Crippen molar-refractivity contribution < 1.29 is 4.74 Å². The highest BCUT2D eigenvalue weighted by Crippen LogP contribution is 2.20. The molecular weight excluding hydrogens is 190 g/mol. The average molecular weight is 209 g/mol. The number of pyridine rings is 1. The first-order valence-electron chi connectivity index (χ1n) is 5.24. The normalized spacial score (nSPS) is 12.2. The van der Waals surface area contributed by atoms with Crippen LogP contribution in [0.1, 0.15) is 26.7 Å². The Morgan fingerprint density at radius 2 is 2.27 bits per heavy atom. The van der Waals surface area contributed by atoms with Crippen molar-refractivity contribution in [2.45, 2.75) is 32.7 Å². The predicted molar refractivity (Wildman–Crippen MR) is 63.2 cm³/mol. The van der Waals surface area contributed by atoms with Crippen molar-refractivity contribution >= 4 is 11.5 Å². The summed E-state index contributed by atoms with van der Waals surface area (Å²) in [7, 11) is 1.57. The number of rotatable bonds is 5. The van der Waals surface area contributed by atoms with Crippen LogP contribution in [0, 0.1) is 0 Å². The molecular formula is C11H19N3O. The van der Waals surface area contributed by atoms with E-state index in [-0.39, 0.29) is 0 Å². The van der Waals surface area contributed by atoms with Gasteiger partial charge >= 0.3 is 0 Å². The lowest BCUT2D eigenvalue weighted by molar-refractivity contribution is 0.400. The van der Waals surface area contributed by atoms with Crippen molar-refractivity contribution in [3.05, 3.63) is 12.1 Å². The van der Waals surface area contributed by atoms with Crippen LogP contribution in [0.25, 0.3) is 0 Å². The molecule has 1 heterocycles. The Morgan fingerprint density at radius 1 is 1.53 bits per heavy atom. The fourth-order valence-corrected chi connectivity index (χ4v) is 1.45. The fourth-order valence-electron chi connectivity index (χ4n) is 1.45. The minimum atomic E-state index is 0.413. The maximum Gasteiger partial charge on any atom is 0.238 e. The monoisotopic (exact) mass is 209 g/mol. The molecule has 3 N–H and O–H groups in total. The lowest BCUT2D eigenvalue weighted by atomic mass is 10.2. The summed E-state index contributed by atoms with van der Waals surface area (Å²) in [4.78, 5) is 4.25. The Bertz CT molecular complexity index is 315. The summed E-state index contributed by atoms with van der Waals surface area (Å²) in [6.07, 6.45) is 2.27. The van der Waals surface area contributed by atoms with Crippen LogP contribution in [0.2, 0.25) is 0 Å². The third kappa shape index (κ3) is 3.31. The molecule has 0 saturated carbocycles. The molecule has 0 fully saturated rings. The number of nitrogens with zero attached hydrogens (tertiary/aromatic N) is 1. The Morgan fingerprint density at radius 3 is 2.87 bits per heavy atom. The molecule has 1 aromatic rings. The van der Waals surface area contributed by atoms with Crippen molar-refractivity contribution in [1.82, 2.24) is 4.98 Å². The Labute approximate surface area is 90.8 Å². The van der Waals surface area contributed by atoms with Gasteiger partial charge in [0, 0.05) is 6.04 Å². The average Bonchev–Trinajstić information content (AvgIpc) is 2.21. The summed E-state index contributed by atoms with van der Waals surface area (Å²) in [5, 5.41) is 3.30. The predicted octanol–water partition coefficient (Wildman–Crippen LogP) is 2.27. The maximum atomic E-state index is 5.67. The highest BCUT2D eigenvalue weighted by molar-refractivity contribution is 5.53. The van der Waals surface area contributed by atoms with Crippen LogP contribution in [0.5, 0.6) is 5.88 Å². The molecule has 15 heavy (non-hydrogen) atoms. The van der Waals surface area contributed by atoms with Crippen molar-refractivity contribution in [1.29, 1.82) is 0 Å². The molecule has 0 bridgehead atoms. The van der Waals surface area contributed by atoms with Crippen LogP contribution in [0.4, 0.5) is 11.5 Å². The van der Waals surface area contributed by atoms with E-state index in [0.29, 0.717) is 17.6 Å². The second-order valence-corrected chi connectivity index (χ2v) is 3.63. The first-order valence-corrected chi connectivity index (χ1v) is 5.24. The number of anilines is 2. The lowest BCUT2D eigenvalue weighted by Gasteiger charge is -2.14. The van der Waals surface area contributed by atoms with Crippen molar-refractivity contribution in [2.75, 3.05) is 18.2 Å². The summed E-state index contributed by atoms with van der Waals surface area (Å²) in [5.41, 5.74) is 6.24. The van der Waals surface area contributed by atoms with Gasteiger partial charge in [-0.15, -0.1) is 0 Å². The smallest absolute Gasteiger partial charge is 0.238 e. The molecule has 1 unspecified atom stereocenters. The van der Waals surface area contributed by atoms with E-state index in [1.54, 1.807) is 13.2 Å². The van der Waals surface area contributed by atoms with Crippen LogP contribution >= 0.6 is 0 Å². The van der Waals surface area contributed by atoms with E-state index in [2.05, 4.69) is 24.1 Å². The van der Waals surface area contributed by atoms with Crippen LogP contribution in [-0.2, 0) is 0 Å². The topological polar surface area (TPSA) is 60.2 Å². The molecule has 0 radical (unpaired) electrons. The van der Waals surface area contributed by atoms with E-state index in [1.807, 2.05) is 6.07 Å². The van der Waals surface area contributed by atoms with Gasteiger partial charge in [-0.2, -0.15) is 4.98 Å². The van der Waals surface area contributed by atoms with Gasteiger partial charge < -0.3 is 15.8 Å².